The number of benzene rings is 2. The van der Waals surface area contributed by atoms with Gasteiger partial charge in [-0.15, -0.1) is 0 Å². The van der Waals surface area contributed by atoms with Crippen LogP contribution in [0, 0.1) is 5.82 Å². The predicted octanol–water partition coefficient (Wildman–Crippen LogP) is 1.18. The molecule has 34 heavy (non-hydrogen) atoms. The summed E-state index contributed by atoms with van der Waals surface area (Å²) in [5.74, 6) is -2.51. The van der Waals surface area contributed by atoms with Crippen LogP contribution in [0.1, 0.15) is 19.4 Å². The highest BCUT2D eigenvalue weighted by Gasteiger charge is 2.72. The Kier molecular flexibility index (Phi) is 6.07. The zero-order valence-corrected chi connectivity index (χ0v) is 19.3. The first-order valence-corrected chi connectivity index (χ1v) is 12.0. The van der Waals surface area contributed by atoms with Crippen molar-refractivity contribution in [2.24, 2.45) is 0 Å². The van der Waals surface area contributed by atoms with Gasteiger partial charge in [0.2, 0.25) is 5.91 Å². The summed E-state index contributed by atoms with van der Waals surface area (Å²) >= 11 is 0. The van der Waals surface area contributed by atoms with Gasteiger partial charge in [-0.05, 0) is 32.0 Å². The van der Waals surface area contributed by atoms with E-state index in [1.54, 1.807) is 36.4 Å². The number of hydrogen-bond acceptors (Lipinski definition) is 7. The molecule has 2 saturated heterocycles. The molecule has 0 unspecified atom stereocenters. The SMILES string of the molecule is CC1(C)[C@H](C(=O)OCc2ccccc2F)N2C(=O)[C@@H](NC(=O)COc3ccccc3)[C@H]2S1(=O)=O. The smallest absolute Gasteiger partial charge is 0.330 e. The fourth-order valence-corrected chi connectivity index (χ4v) is 6.36. The number of halogens is 1. The number of amides is 2. The van der Waals surface area contributed by atoms with Gasteiger partial charge in [-0.3, -0.25) is 9.59 Å². The Balaban J connectivity index is 1.46. The van der Waals surface area contributed by atoms with Gasteiger partial charge in [0.15, 0.2) is 21.8 Å². The van der Waals surface area contributed by atoms with Crippen molar-refractivity contribution < 1.29 is 36.7 Å². The number of nitrogens with one attached hydrogen (secondary N) is 1. The number of para-hydroxylation sites is 1. The first-order chi connectivity index (χ1) is 16.1. The molecule has 2 amide bonds. The second-order valence-electron chi connectivity index (χ2n) is 8.53. The maximum atomic E-state index is 13.8. The van der Waals surface area contributed by atoms with Crippen molar-refractivity contribution in [1.29, 1.82) is 0 Å². The van der Waals surface area contributed by atoms with Gasteiger partial charge in [-0.25, -0.2) is 17.6 Å². The molecule has 11 heteroatoms. The zero-order valence-electron chi connectivity index (χ0n) is 18.4. The summed E-state index contributed by atoms with van der Waals surface area (Å²) in [6.07, 6.45) is 0. The molecule has 3 atom stereocenters. The molecule has 0 saturated carbocycles. The van der Waals surface area contributed by atoms with Crippen LogP contribution >= 0.6 is 0 Å². The number of esters is 1. The Hall–Kier alpha value is -3.47. The van der Waals surface area contributed by atoms with Gasteiger partial charge in [0.1, 0.15) is 35.0 Å². The van der Waals surface area contributed by atoms with Gasteiger partial charge < -0.3 is 19.7 Å². The van der Waals surface area contributed by atoms with Gasteiger partial charge in [0.05, 0.1) is 0 Å². The topological polar surface area (TPSA) is 119 Å². The number of sulfone groups is 1. The van der Waals surface area contributed by atoms with Crippen molar-refractivity contribution in [3.8, 4) is 5.75 Å². The van der Waals surface area contributed by atoms with Gasteiger partial charge >= 0.3 is 5.97 Å². The maximum Gasteiger partial charge on any atom is 0.330 e. The molecule has 2 aliphatic rings. The molecule has 0 aromatic heterocycles. The maximum absolute atomic E-state index is 13.8. The second-order valence-corrected chi connectivity index (χ2v) is 11.2. The highest BCUT2D eigenvalue weighted by atomic mass is 32.2. The summed E-state index contributed by atoms with van der Waals surface area (Å²) < 4.78 is 49.1. The van der Waals surface area contributed by atoms with Crippen LogP contribution in [0.5, 0.6) is 5.75 Å². The molecule has 0 aliphatic carbocycles. The average molecular weight is 491 g/mol. The van der Waals surface area contributed by atoms with Crippen molar-refractivity contribution in [1.82, 2.24) is 10.2 Å². The summed E-state index contributed by atoms with van der Waals surface area (Å²) in [4.78, 5) is 38.9. The van der Waals surface area contributed by atoms with Crippen LogP contribution < -0.4 is 10.1 Å². The van der Waals surface area contributed by atoms with E-state index < -0.39 is 68.9 Å². The van der Waals surface area contributed by atoms with Gasteiger partial charge in [0.25, 0.3) is 5.91 Å². The summed E-state index contributed by atoms with van der Waals surface area (Å²) in [5.41, 5.74) is 0.115. The van der Waals surface area contributed by atoms with Crippen LogP contribution in [0.4, 0.5) is 4.39 Å². The second kappa shape index (κ2) is 8.71. The Morgan fingerprint density at radius 3 is 2.41 bits per heavy atom. The number of ether oxygens (including phenoxy) is 2. The highest BCUT2D eigenvalue weighted by Crippen LogP contribution is 2.46. The molecule has 0 spiro atoms. The average Bonchev–Trinajstić information content (AvgIpc) is 2.95. The number of rotatable bonds is 7. The van der Waals surface area contributed by atoms with E-state index >= 15 is 0 Å². The summed E-state index contributed by atoms with van der Waals surface area (Å²) in [6, 6.07) is 11.4. The third-order valence-electron chi connectivity index (χ3n) is 6.05. The molecular formula is C23H23FN2O7S. The molecule has 1 N–H and O–H groups in total. The zero-order chi connectivity index (χ0) is 24.7. The summed E-state index contributed by atoms with van der Waals surface area (Å²) in [6.45, 7) is 1.81. The monoisotopic (exact) mass is 490 g/mol. The number of nitrogens with zero attached hydrogens (tertiary/aromatic N) is 1. The number of carbonyl (C=O) groups excluding carboxylic acids is 3. The first-order valence-electron chi connectivity index (χ1n) is 10.5. The molecule has 2 heterocycles. The Bertz CT molecular complexity index is 1230. The number of fused-ring (bicyclic) bond motifs is 1. The third-order valence-corrected chi connectivity index (χ3v) is 8.87. The lowest BCUT2D eigenvalue weighted by atomic mass is 9.96. The van der Waals surface area contributed by atoms with E-state index in [0.29, 0.717) is 5.75 Å². The van der Waals surface area contributed by atoms with Crippen molar-refractivity contribution in [2.75, 3.05) is 6.61 Å². The van der Waals surface area contributed by atoms with Crippen LogP contribution in [0.15, 0.2) is 54.6 Å². The van der Waals surface area contributed by atoms with E-state index in [1.807, 2.05) is 0 Å². The number of carbonyl (C=O) groups is 3. The minimum Gasteiger partial charge on any atom is -0.484 e. The van der Waals surface area contributed by atoms with E-state index in [9.17, 15) is 27.2 Å². The molecule has 0 bridgehead atoms. The molecule has 0 radical (unpaired) electrons. The Morgan fingerprint density at radius 1 is 1.09 bits per heavy atom. The van der Waals surface area contributed by atoms with Crippen molar-refractivity contribution >= 4 is 27.6 Å². The molecule has 4 rings (SSSR count). The standard InChI is InChI=1S/C23H23FN2O7S/c1-23(2)19(22(29)33-12-14-8-6-7-11-16(14)24)26-20(28)18(21(26)34(23,30)31)25-17(27)13-32-15-9-4-3-5-10-15/h3-11,18-19,21H,12-13H2,1-2H3,(H,25,27)/t18-,19+,21-/m1/s1. The van der Waals surface area contributed by atoms with E-state index in [0.717, 1.165) is 4.90 Å². The minimum absolute atomic E-state index is 0.115. The first kappa shape index (κ1) is 23.7. The molecule has 2 aromatic rings. The molecule has 9 nitrogen and oxygen atoms in total. The predicted molar refractivity (Wildman–Crippen MR) is 117 cm³/mol. The Morgan fingerprint density at radius 2 is 1.74 bits per heavy atom. The lowest BCUT2D eigenvalue weighted by molar-refractivity contribution is -0.165. The van der Waals surface area contributed by atoms with Crippen molar-refractivity contribution in [3.05, 3.63) is 66.0 Å². The Labute approximate surface area is 195 Å². The third kappa shape index (κ3) is 3.89. The minimum atomic E-state index is -4.07. The van der Waals surface area contributed by atoms with Gasteiger partial charge in [0, 0.05) is 5.56 Å². The largest absolute Gasteiger partial charge is 0.484 e. The normalized spacial score (nSPS) is 24.0. The van der Waals surface area contributed by atoms with Crippen LogP contribution in [0.2, 0.25) is 0 Å². The fraction of sp³-hybridized carbons (Fsp3) is 0.348. The van der Waals surface area contributed by atoms with Crippen molar-refractivity contribution in [2.45, 2.75) is 42.7 Å². The van der Waals surface area contributed by atoms with E-state index in [1.165, 1.54) is 32.0 Å². The van der Waals surface area contributed by atoms with E-state index in [2.05, 4.69) is 5.32 Å². The van der Waals surface area contributed by atoms with Crippen LogP contribution in [0.25, 0.3) is 0 Å². The molecular weight excluding hydrogens is 467 g/mol. The van der Waals surface area contributed by atoms with Crippen LogP contribution in [-0.2, 0) is 35.6 Å². The summed E-state index contributed by atoms with van der Waals surface area (Å²) in [5, 5.41) is 0.975. The lowest BCUT2D eigenvalue weighted by Gasteiger charge is -2.42. The van der Waals surface area contributed by atoms with Gasteiger partial charge in [-0.1, -0.05) is 36.4 Å². The molecule has 2 fully saturated rings. The van der Waals surface area contributed by atoms with Crippen molar-refractivity contribution in [3.63, 3.8) is 0 Å². The lowest BCUT2D eigenvalue weighted by Crippen LogP contribution is -2.72. The molecule has 180 valence electrons. The summed E-state index contributed by atoms with van der Waals surface area (Å²) in [7, 11) is -4.07. The number of hydrogen-bond donors (Lipinski definition) is 1. The molecule has 2 aromatic carbocycles. The van der Waals surface area contributed by atoms with E-state index in [-0.39, 0.29) is 5.56 Å². The fourth-order valence-electron chi connectivity index (χ4n) is 4.15. The highest BCUT2D eigenvalue weighted by molar-refractivity contribution is 7.94. The molecule has 2 aliphatic heterocycles. The number of β-lactam (4-membered cyclic amide) rings is 1. The quantitative estimate of drug-likeness (QED) is 0.457. The van der Waals surface area contributed by atoms with Gasteiger partial charge in [-0.2, -0.15) is 0 Å². The van der Waals surface area contributed by atoms with Crippen LogP contribution in [-0.4, -0.2) is 59.9 Å². The van der Waals surface area contributed by atoms with Crippen LogP contribution in [0.3, 0.4) is 0 Å². The van der Waals surface area contributed by atoms with E-state index in [4.69, 9.17) is 9.47 Å².